The second kappa shape index (κ2) is 13.5. The largest absolute Gasteiger partial charge is 0.379 e. The van der Waals surface area contributed by atoms with Crippen LogP contribution in [0.25, 0.3) is 11.3 Å². The zero-order valence-electron chi connectivity index (χ0n) is 22.7. The van der Waals surface area contributed by atoms with E-state index in [0.717, 1.165) is 62.0 Å². The van der Waals surface area contributed by atoms with Crippen LogP contribution in [0.15, 0.2) is 67.1 Å². The quantitative estimate of drug-likeness (QED) is 0.221. The van der Waals surface area contributed by atoms with Gasteiger partial charge in [-0.3, -0.25) is 9.69 Å². The van der Waals surface area contributed by atoms with Gasteiger partial charge in [0.05, 0.1) is 18.9 Å². The van der Waals surface area contributed by atoms with E-state index in [0.29, 0.717) is 33.3 Å². The molecule has 1 amide bonds. The number of carbonyl (C=O) groups is 1. The smallest absolute Gasteiger partial charge is 0.255 e. The van der Waals surface area contributed by atoms with Crippen LogP contribution in [-0.2, 0) is 11.4 Å². The highest BCUT2D eigenvalue weighted by Crippen LogP contribution is 2.30. The van der Waals surface area contributed by atoms with E-state index in [1.165, 1.54) is 12.4 Å². The van der Waals surface area contributed by atoms with Gasteiger partial charge in [-0.2, -0.15) is 0 Å². The first-order valence-electron chi connectivity index (χ1n) is 13.3. The van der Waals surface area contributed by atoms with Gasteiger partial charge < -0.3 is 20.7 Å². The average Bonchev–Trinajstić information content (AvgIpc) is 3.00. The molecule has 0 spiro atoms. The molecule has 3 heterocycles. The minimum atomic E-state index is -0.716. The number of benzene rings is 2. The first-order valence-corrected chi connectivity index (χ1v) is 13.7. The van der Waals surface area contributed by atoms with Gasteiger partial charge in [0.2, 0.25) is 0 Å². The molecular weight excluding hydrogens is 545 g/mol. The van der Waals surface area contributed by atoms with Crippen molar-refractivity contribution in [1.82, 2.24) is 19.9 Å². The molecule has 5 rings (SSSR count). The molecule has 1 saturated heterocycles. The van der Waals surface area contributed by atoms with Crippen LogP contribution in [0.5, 0.6) is 0 Å². The fourth-order valence-corrected chi connectivity index (χ4v) is 4.63. The van der Waals surface area contributed by atoms with Crippen molar-refractivity contribution in [2.75, 3.05) is 55.3 Å². The molecule has 3 N–H and O–H groups in total. The van der Waals surface area contributed by atoms with Gasteiger partial charge in [-0.05, 0) is 55.0 Å². The lowest BCUT2D eigenvalue weighted by molar-refractivity contribution is 0.0398. The SMILES string of the molecule is Cc1ccc(C(=O)Nc2ccc(Cl)c(CF)c2)cc1Nc1ncccc1-c1cc(NCCN2CCOCC2)ncn1. The molecule has 212 valence electrons. The normalized spacial score (nSPS) is 13.5. The van der Waals surface area contributed by atoms with Crippen molar-refractivity contribution in [3.8, 4) is 11.3 Å². The van der Waals surface area contributed by atoms with E-state index in [4.69, 9.17) is 16.3 Å². The molecular formula is C30H31ClFN7O2. The molecule has 1 aliphatic heterocycles. The van der Waals surface area contributed by atoms with Gasteiger partial charge in [0, 0.05) is 71.5 Å². The first-order chi connectivity index (χ1) is 20.0. The van der Waals surface area contributed by atoms with Gasteiger partial charge >= 0.3 is 0 Å². The average molecular weight is 576 g/mol. The number of morpholine rings is 1. The van der Waals surface area contributed by atoms with E-state index >= 15 is 0 Å². The zero-order valence-corrected chi connectivity index (χ0v) is 23.4. The van der Waals surface area contributed by atoms with Crippen molar-refractivity contribution in [2.24, 2.45) is 0 Å². The maximum atomic E-state index is 13.2. The van der Waals surface area contributed by atoms with Crippen LogP contribution in [0.2, 0.25) is 5.02 Å². The highest BCUT2D eigenvalue weighted by atomic mass is 35.5. The van der Waals surface area contributed by atoms with Crippen LogP contribution in [0.3, 0.4) is 0 Å². The van der Waals surface area contributed by atoms with Crippen molar-refractivity contribution in [1.29, 1.82) is 0 Å². The van der Waals surface area contributed by atoms with Gasteiger partial charge in [0.1, 0.15) is 24.6 Å². The molecule has 0 atom stereocenters. The molecule has 0 saturated carbocycles. The summed E-state index contributed by atoms with van der Waals surface area (Å²) in [4.78, 5) is 28.8. The molecule has 1 fully saturated rings. The molecule has 0 aliphatic carbocycles. The van der Waals surface area contributed by atoms with Gasteiger partial charge in [-0.25, -0.2) is 19.3 Å². The molecule has 11 heteroatoms. The third kappa shape index (κ3) is 7.35. The van der Waals surface area contributed by atoms with Crippen molar-refractivity contribution in [2.45, 2.75) is 13.6 Å². The predicted molar refractivity (Wildman–Crippen MR) is 160 cm³/mol. The number of aromatic nitrogens is 3. The summed E-state index contributed by atoms with van der Waals surface area (Å²) >= 11 is 6.00. The number of aryl methyl sites for hydroxylation is 1. The topological polar surface area (TPSA) is 104 Å². The third-order valence-electron chi connectivity index (χ3n) is 6.79. The van der Waals surface area contributed by atoms with Crippen LogP contribution in [0, 0.1) is 6.92 Å². The molecule has 0 unspecified atom stereocenters. The number of halogens is 2. The molecule has 1 aliphatic rings. The second-order valence-corrected chi connectivity index (χ2v) is 10.0. The van der Waals surface area contributed by atoms with Crippen LogP contribution in [0.4, 0.5) is 27.4 Å². The number of carbonyl (C=O) groups excluding carboxylic acids is 1. The molecule has 0 radical (unpaired) electrons. The maximum absolute atomic E-state index is 13.2. The molecule has 0 bridgehead atoms. The van der Waals surface area contributed by atoms with Crippen molar-refractivity contribution in [3.63, 3.8) is 0 Å². The highest BCUT2D eigenvalue weighted by Gasteiger charge is 2.14. The van der Waals surface area contributed by atoms with Gasteiger partial charge in [0.15, 0.2) is 0 Å². The summed E-state index contributed by atoms with van der Waals surface area (Å²) in [6.45, 7) is 6.30. The second-order valence-electron chi connectivity index (χ2n) is 9.62. The Morgan fingerprint density at radius 3 is 2.76 bits per heavy atom. The number of amides is 1. The Bertz CT molecular complexity index is 1510. The van der Waals surface area contributed by atoms with E-state index < -0.39 is 6.67 Å². The number of rotatable bonds is 10. The van der Waals surface area contributed by atoms with Crippen molar-refractivity contribution < 1.29 is 13.9 Å². The van der Waals surface area contributed by atoms with E-state index in [2.05, 4.69) is 35.8 Å². The Labute approximate surface area is 243 Å². The molecule has 2 aromatic heterocycles. The van der Waals surface area contributed by atoms with Gasteiger partial charge in [-0.15, -0.1) is 0 Å². The van der Waals surface area contributed by atoms with Crippen LogP contribution in [-0.4, -0.2) is 65.2 Å². The minimum Gasteiger partial charge on any atom is -0.379 e. The Hall–Kier alpha value is -4.12. The highest BCUT2D eigenvalue weighted by molar-refractivity contribution is 6.31. The fourth-order valence-electron chi connectivity index (χ4n) is 4.46. The van der Waals surface area contributed by atoms with E-state index in [1.807, 2.05) is 31.2 Å². The summed E-state index contributed by atoms with van der Waals surface area (Å²) in [5.74, 6) is 0.993. The van der Waals surface area contributed by atoms with Crippen molar-refractivity contribution >= 4 is 40.5 Å². The number of hydrogen-bond donors (Lipinski definition) is 3. The summed E-state index contributed by atoms with van der Waals surface area (Å²) in [6, 6.07) is 15.8. The van der Waals surface area contributed by atoms with Crippen LogP contribution < -0.4 is 16.0 Å². The molecule has 9 nitrogen and oxygen atoms in total. The lowest BCUT2D eigenvalue weighted by Gasteiger charge is -2.26. The van der Waals surface area contributed by atoms with Crippen molar-refractivity contribution in [3.05, 3.63) is 88.8 Å². The lowest BCUT2D eigenvalue weighted by atomic mass is 10.1. The summed E-state index contributed by atoms with van der Waals surface area (Å²) in [6.07, 6.45) is 3.23. The predicted octanol–water partition coefficient (Wildman–Crippen LogP) is 5.71. The van der Waals surface area contributed by atoms with Crippen LogP contribution in [0.1, 0.15) is 21.5 Å². The number of ether oxygens (including phenoxy) is 1. The maximum Gasteiger partial charge on any atom is 0.255 e. The van der Waals surface area contributed by atoms with E-state index in [9.17, 15) is 9.18 Å². The summed E-state index contributed by atoms with van der Waals surface area (Å²) < 4.78 is 18.6. The van der Waals surface area contributed by atoms with Gasteiger partial charge in [0.25, 0.3) is 5.91 Å². The van der Waals surface area contributed by atoms with E-state index in [1.54, 1.807) is 30.5 Å². The molecule has 4 aromatic rings. The minimum absolute atomic E-state index is 0.318. The number of alkyl halides is 1. The summed E-state index contributed by atoms with van der Waals surface area (Å²) in [7, 11) is 0. The zero-order chi connectivity index (χ0) is 28.6. The Morgan fingerprint density at radius 1 is 1.07 bits per heavy atom. The Kier molecular flexibility index (Phi) is 9.35. The fraction of sp³-hybridized carbons (Fsp3) is 0.267. The summed E-state index contributed by atoms with van der Waals surface area (Å²) in [5, 5.41) is 9.88. The molecule has 2 aromatic carbocycles. The monoisotopic (exact) mass is 575 g/mol. The molecule has 41 heavy (non-hydrogen) atoms. The lowest BCUT2D eigenvalue weighted by Crippen LogP contribution is -2.39. The number of nitrogens with zero attached hydrogens (tertiary/aromatic N) is 4. The number of nitrogens with one attached hydrogen (secondary N) is 3. The van der Waals surface area contributed by atoms with Crippen LogP contribution >= 0.6 is 11.6 Å². The van der Waals surface area contributed by atoms with Gasteiger partial charge in [-0.1, -0.05) is 17.7 Å². The Balaban J connectivity index is 1.30. The Morgan fingerprint density at radius 2 is 1.93 bits per heavy atom. The number of anilines is 4. The third-order valence-corrected chi connectivity index (χ3v) is 7.16. The summed E-state index contributed by atoms with van der Waals surface area (Å²) in [5.41, 5.74) is 4.36. The standard InChI is InChI=1S/C30H31ClFN7O2/c1-20-4-5-21(30(40)37-23-6-7-25(31)22(15-23)18-32)16-26(20)38-29-24(3-2-8-34-29)27-17-28(36-19-35-27)33-9-10-39-11-13-41-14-12-39/h2-8,15-17,19H,9-14,18H2,1H3,(H,34,38)(H,37,40)(H,33,35,36). The number of hydrogen-bond acceptors (Lipinski definition) is 8. The first kappa shape index (κ1) is 28.4. The number of pyridine rings is 1. The van der Waals surface area contributed by atoms with E-state index in [-0.39, 0.29) is 5.91 Å².